The smallest absolute Gasteiger partial charge is 0.122 e. The molecule has 0 spiro atoms. The SMILES string of the molecule is COc1ccc(C(C)F)cc1CCC1(N)CC1. The average molecular weight is 237 g/mol. The van der Waals surface area contributed by atoms with Gasteiger partial charge >= 0.3 is 0 Å². The van der Waals surface area contributed by atoms with Crippen LogP contribution < -0.4 is 10.5 Å². The van der Waals surface area contributed by atoms with Crippen molar-refractivity contribution < 1.29 is 9.13 Å². The molecule has 1 unspecified atom stereocenters. The summed E-state index contributed by atoms with van der Waals surface area (Å²) in [5.41, 5.74) is 7.87. The first-order valence-corrected chi connectivity index (χ1v) is 6.14. The van der Waals surface area contributed by atoms with Crippen molar-refractivity contribution >= 4 is 0 Å². The number of nitrogens with two attached hydrogens (primary N) is 1. The standard InChI is InChI=1S/C14H20FNO/c1-10(15)11-3-4-13(17-2)12(9-11)5-6-14(16)7-8-14/h3-4,9-10H,5-8,16H2,1-2H3. The first-order valence-electron chi connectivity index (χ1n) is 6.14. The maximum absolute atomic E-state index is 13.3. The molecule has 2 N–H and O–H groups in total. The molecular formula is C14H20FNO. The molecule has 0 saturated heterocycles. The first kappa shape index (κ1) is 12.4. The van der Waals surface area contributed by atoms with E-state index in [4.69, 9.17) is 10.5 Å². The lowest BCUT2D eigenvalue weighted by molar-refractivity contribution is 0.372. The fourth-order valence-electron chi connectivity index (χ4n) is 2.04. The summed E-state index contributed by atoms with van der Waals surface area (Å²) < 4.78 is 18.6. The number of halogens is 1. The zero-order chi connectivity index (χ0) is 12.5. The van der Waals surface area contributed by atoms with Gasteiger partial charge < -0.3 is 10.5 Å². The highest BCUT2D eigenvalue weighted by Crippen LogP contribution is 2.37. The minimum absolute atomic E-state index is 0.0301. The van der Waals surface area contributed by atoms with Gasteiger partial charge in [-0.3, -0.25) is 0 Å². The maximum atomic E-state index is 13.3. The zero-order valence-electron chi connectivity index (χ0n) is 10.5. The van der Waals surface area contributed by atoms with E-state index < -0.39 is 6.17 Å². The quantitative estimate of drug-likeness (QED) is 0.853. The normalized spacial score (nSPS) is 18.8. The van der Waals surface area contributed by atoms with E-state index >= 15 is 0 Å². The maximum Gasteiger partial charge on any atom is 0.122 e. The van der Waals surface area contributed by atoms with Crippen LogP contribution in [-0.2, 0) is 6.42 Å². The second-order valence-corrected chi connectivity index (χ2v) is 5.05. The Bertz CT molecular complexity index is 399. The fourth-order valence-corrected chi connectivity index (χ4v) is 2.04. The molecule has 0 radical (unpaired) electrons. The van der Waals surface area contributed by atoms with Crippen LogP contribution in [0.5, 0.6) is 5.75 Å². The molecule has 2 rings (SSSR count). The van der Waals surface area contributed by atoms with Crippen molar-refractivity contribution in [3.63, 3.8) is 0 Å². The van der Waals surface area contributed by atoms with Gasteiger partial charge in [0.2, 0.25) is 0 Å². The van der Waals surface area contributed by atoms with Gasteiger partial charge in [-0.1, -0.05) is 6.07 Å². The molecule has 1 atom stereocenters. The van der Waals surface area contributed by atoms with E-state index in [-0.39, 0.29) is 5.54 Å². The number of benzene rings is 1. The van der Waals surface area contributed by atoms with E-state index in [0.29, 0.717) is 5.56 Å². The topological polar surface area (TPSA) is 35.2 Å². The molecule has 3 heteroatoms. The zero-order valence-corrected chi connectivity index (χ0v) is 10.5. The molecule has 1 fully saturated rings. The van der Waals surface area contributed by atoms with Crippen LogP contribution in [-0.4, -0.2) is 12.6 Å². The van der Waals surface area contributed by atoms with Crippen LogP contribution in [0.15, 0.2) is 18.2 Å². The van der Waals surface area contributed by atoms with Gasteiger partial charge in [0.1, 0.15) is 11.9 Å². The first-order chi connectivity index (χ1) is 8.04. The Hall–Kier alpha value is -1.09. The molecule has 17 heavy (non-hydrogen) atoms. The number of rotatable bonds is 5. The fraction of sp³-hybridized carbons (Fsp3) is 0.571. The third-order valence-electron chi connectivity index (χ3n) is 3.55. The Morgan fingerprint density at radius 1 is 1.47 bits per heavy atom. The summed E-state index contributed by atoms with van der Waals surface area (Å²) in [4.78, 5) is 0. The highest BCUT2D eigenvalue weighted by molar-refractivity contribution is 5.38. The average Bonchev–Trinajstić information content (AvgIpc) is 3.05. The lowest BCUT2D eigenvalue weighted by Gasteiger charge is -2.13. The summed E-state index contributed by atoms with van der Waals surface area (Å²) >= 11 is 0. The molecule has 1 aromatic rings. The Morgan fingerprint density at radius 2 is 2.18 bits per heavy atom. The van der Waals surface area contributed by atoms with Crippen molar-refractivity contribution in [3.8, 4) is 5.75 Å². The number of hydrogen-bond acceptors (Lipinski definition) is 2. The highest BCUT2D eigenvalue weighted by Gasteiger charge is 2.37. The van der Waals surface area contributed by atoms with E-state index in [1.807, 2.05) is 12.1 Å². The Balaban J connectivity index is 2.13. The number of aryl methyl sites for hydroxylation is 1. The van der Waals surface area contributed by atoms with Gasteiger partial charge in [-0.2, -0.15) is 0 Å². The lowest BCUT2D eigenvalue weighted by atomic mass is 10.00. The lowest BCUT2D eigenvalue weighted by Crippen LogP contribution is -2.22. The minimum Gasteiger partial charge on any atom is -0.496 e. The number of ether oxygens (including phenoxy) is 1. The summed E-state index contributed by atoms with van der Waals surface area (Å²) in [6.07, 6.45) is 3.09. The summed E-state index contributed by atoms with van der Waals surface area (Å²) in [6, 6.07) is 5.52. The Kier molecular flexibility index (Phi) is 3.38. The van der Waals surface area contributed by atoms with Crippen molar-refractivity contribution in [2.24, 2.45) is 5.73 Å². The van der Waals surface area contributed by atoms with Gasteiger partial charge in [0, 0.05) is 5.54 Å². The van der Waals surface area contributed by atoms with Crippen LogP contribution in [0, 0.1) is 0 Å². The molecule has 0 aliphatic heterocycles. The molecule has 0 heterocycles. The molecule has 0 amide bonds. The second-order valence-electron chi connectivity index (χ2n) is 5.05. The van der Waals surface area contributed by atoms with E-state index in [1.54, 1.807) is 20.1 Å². The van der Waals surface area contributed by atoms with Crippen molar-refractivity contribution in [1.82, 2.24) is 0 Å². The number of alkyl halides is 1. The van der Waals surface area contributed by atoms with Gasteiger partial charge in [-0.25, -0.2) is 4.39 Å². The molecule has 2 nitrogen and oxygen atoms in total. The van der Waals surface area contributed by atoms with Gasteiger partial charge in [0.05, 0.1) is 7.11 Å². The summed E-state index contributed by atoms with van der Waals surface area (Å²) in [6.45, 7) is 1.55. The van der Waals surface area contributed by atoms with Gasteiger partial charge in [0.25, 0.3) is 0 Å². The van der Waals surface area contributed by atoms with Crippen LogP contribution in [0.4, 0.5) is 4.39 Å². The largest absolute Gasteiger partial charge is 0.496 e. The van der Waals surface area contributed by atoms with E-state index in [9.17, 15) is 4.39 Å². The van der Waals surface area contributed by atoms with Crippen molar-refractivity contribution in [2.75, 3.05) is 7.11 Å². The third-order valence-corrected chi connectivity index (χ3v) is 3.55. The summed E-state index contributed by atoms with van der Waals surface area (Å²) in [7, 11) is 1.65. The van der Waals surface area contributed by atoms with E-state index in [1.165, 1.54) is 0 Å². The number of hydrogen-bond donors (Lipinski definition) is 1. The Labute approximate surface area is 102 Å². The van der Waals surface area contributed by atoms with Crippen LogP contribution in [0.1, 0.15) is 43.5 Å². The van der Waals surface area contributed by atoms with Gasteiger partial charge in [0.15, 0.2) is 0 Å². The summed E-state index contributed by atoms with van der Waals surface area (Å²) in [5, 5.41) is 0. The van der Waals surface area contributed by atoms with Crippen LogP contribution in [0.3, 0.4) is 0 Å². The molecule has 1 aromatic carbocycles. The van der Waals surface area contributed by atoms with Gasteiger partial charge in [-0.05, 0) is 55.9 Å². The predicted octanol–water partition coefficient (Wildman–Crippen LogP) is 3.15. The predicted molar refractivity (Wildman–Crippen MR) is 67.0 cm³/mol. The highest BCUT2D eigenvalue weighted by atomic mass is 19.1. The molecular weight excluding hydrogens is 217 g/mol. The van der Waals surface area contributed by atoms with Crippen molar-refractivity contribution in [3.05, 3.63) is 29.3 Å². The molecule has 1 aliphatic rings. The van der Waals surface area contributed by atoms with Crippen LogP contribution in [0.2, 0.25) is 0 Å². The van der Waals surface area contributed by atoms with Crippen molar-refractivity contribution in [1.29, 1.82) is 0 Å². The van der Waals surface area contributed by atoms with Crippen LogP contribution >= 0.6 is 0 Å². The molecule has 1 saturated carbocycles. The molecule has 0 bridgehead atoms. The van der Waals surface area contributed by atoms with E-state index in [2.05, 4.69) is 0 Å². The minimum atomic E-state index is -0.938. The molecule has 94 valence electrons. The summed E-state index contributed by atoms with van der Waals surface area (Å²) in [5.74, 6) is 0.832. The molecule has 0 aromatic heterocycles. The second kappa shape index (κ2) is 4.65. The number of methoxy groups -OCH3 is 1. The monoisotopic (exact) mass is 237 g/mol. The van der Waals surface area contributed by atoms with Gasteiger partial charge in [-0.15, -0.1) is 0 Å². The molecule has 1 aliphatic carbocycles. The van der Waals surface area contributed by atoms with Crippen molar-refractivity contribution in [2.45, 2.75) is 44.3 Å². The van der Waals surface area contributed by atoms with E-state index in [0.717, 1.165) is 37.0 Å². The Morgan fingerprint density at radius 3 is 2.71 bits per heavy atom. The third kappa shape index (κ3) is 2.97. The van der Waals surface area contributed by atoms with Crippen LogP contribution in [0.25, 0.3) is 0 Å².